The molecule has 0 aromatic carbocycles. The molecule has 0 unspecified atom stereocenters. The first-order valence-electron chi connectivity index (χ1n) is 11.2. The van der Waals surface area contributed by atoms with Gasteiger partial charge in [0.25, 0.3) is 0 Å². The van der Waals surface area contributed by atoms with E-state index in [1.165, 1.54) is 32.4 Å². The first-order valence-corrected chi connectivity index (χ1v) is 11.2. The third-order valence-corrected chi connectivity index (χ3v) is 6.53. The zero-order valence-corrected chi connectivity index (χ0v) is 18.0. The Balaban J connectivity index is 1.55. The van der Waals surface area contributed by atoms with Crippen LogP contribution >= 0.6 is 0 Å². The molecule has 3 fully saturated rings. The second kappa shape index (κ2) is 11.4. The number of likely N-dealkylation sites (tertiary alicyclic amines) is 2. The molecule has 7 heteroatoms. The zero-order valence-electron chi connectivity index (χ0n) is 18.0. The lowest BCUT2D eigenvalue weighted by molar-refractivity contribution is 0.0361. The van der Waals surface area contributed by atoms with Gasteiger partial charge < -0.3 is 19.4 Å². The van der Waals surface area contributed by atoms with Gasteiger partial charge in [-0.05, 0) is 45.2 Å². The van der Waals surface area contributed by atoms with Crippen LogP contribution in [0.1, 0.15) is 38.5 Å². The lowest BCUT2D eigenvalue weighted by Crippen LogP contribution is -2.48. The third-order valence-electron chi connectivity index (χ3n) is 6.53. The monoisotopic (exact) mass is 400 g/mol. The summed E-state index contributed by atoms with van der Waals surface area (Å²) >= 11 is 0. The fraction of sp³-hybridized carbons (Fsp3) is 0.818. The molecule has 0 saturated carbocycles. The van der Waals surface area contributed by atoms with Gasteiger partial charge >= 0.3 is 5.70 Å². The van der Waals surface area contributed by atoms with Crippen LogP contribution in [0.3, 0.4) is 0 Å². The van der Waals surface area contributed by atoms with Gasteiger partial charge in [-0.2, -0.15) is 0 Å². The minimum atomic E-state index is 0.232. The van der Waals surface area contributed by atoms with Gasteiger partial charge in [-0.25, -0.2) is 10.1 Å². The highest BCUT2D eigenvalue weighted by molar-refractivity contribution is 5.32. The van der Waals surface area contributed by atoms with Crippen LogP contribution in [0.25, 0.3) is 4.85 Å². The Morgan fingerprint density at radius 2 is 1.79 bits per heavy atom. The van der Waals surface area contributed by atoms with E-state index in [2.05, 4.69) is 30.5 Å². The molecule has 0 spiro atoms. The molecule has 29 heavy (non-hydrogen) atoms. The van der Waals surface area contributed by atoms with E-state index in [1.807, 2.05) is 7.05 Å². The molecule has 0 aromatic heterocycles. The van der Waals surface area contributed by atoms with Gasteiger partial charge in [-0.1, -0.05) is 6.42 Å². The molecule has 0 atom stereocenters. The summed E-state index contributed by atoms with van der Waals surface area (Å²) in [5.41, 5.74) is 0.232. The van der Waals surface area contributed by atoms with Crippen LogP contribution < -0.4 is 0 Å². The summed E-state index contributed by atoms with van der Waals surface area (Å²) < 4.78 is 5.42. The number of rotatable bonds is 7. The molecule has 3 aliphatic heterocycles. The zero-order chi connectivity index (χ0) is 20.5. The number of nitrogens with zero attached hydrogens (tertiary/aromatic N) is 6. The summed E-state index contributed by atoms with van der Waals surface area (Å²) in [5.74, 6) is 0.835. The smallest absolute Gasteiger partial charge is 0.300 e. The summed E-state index contributed by atoms with van der Waals surface area (Å²) in [4.78, 5) is 13.1. The molecular formula is C22H36N6O. The summed E-state index contributed by atoms with van der Waals surface area (Å²) in [7, 11) is 2.04. The average molecular weight is 401 g/mol. The fourth-order valence-corrected chi connectivity index (χ4v) is 4.89. The molecule has 160 valence electrons. The number of hydrogen-bond acceptors (Lipinski definition) is 6. The van der Waals surface area contributed by atoms with Crippen molar-refractivity contribution in [2.75, 3.05) is 72.6 Å². The summed E-state index contributed by atoms with van der Waals surface area (Å²) in [6.45, 7) is 17.4. The summed E-state index contributed by atoms with van der Waals surface area (Å²) in [5, 5.41) is 9.56. The van der Waals surface area contributed by atoms with E-state index in [4.69, 9.17) is 11.3 Å². The van der Waals surface area contributed by atoms with Crippen molar-refractivity contribution in [2.24, 2.45) is 0 Å². The van der Waals surface area contributed by atoms with Crippen LogP contribution in [-0.2, 0) is 4.74 Å². The Hall–Kier alpha value is -1.80. The van der Waals surface area contributed by atoms with Crippen molar-refractivity contribution in [1.29, 1.82) is 5.26 Å². The van der Waals surface area contributed by atoms with Crippen LogP contribution in [0.15, 0.2) is 11.5 Å². The molecule has 0 aromatic rings. The largest absolute Gasteiger partial charge is 0.379 e. The molecule has 3 aliphatic rings. The number of allylic oxidation sites excluding steroid dienone is 1. The number of morpholine rings is 1. The molecule has 3 rings (SSSR count). The van der Waals surface area contributed by atoms with Crippen molar-refractivity contribution in [3.63, 3.8) is 0 Å². The Labute approximate surface area is 176 Å². The van der Waals surface area contributed by atoms with Gasteiger partial charge in [-0.3, -0.25) is 4.90 Å². The molecule has 0 aliphatic carbocycles. The summed E-state index contributed by atoms with van der Waals surface area (Å²) in [6.07, 6.45) is 7.31. The van der Waals surface area contributed by atoms with Crippen molar-refractivity contribution < 1.29 is 4.74 Å². The van der Waals surface area contributed by atoms with Crippen molar-refractivity contribution in [2.45, 2.75) is 44.6 Å². The van der Waals surface area contributed by atoms with Gasteiger partial charge in [0.1, 0.15) is 5.82 Å². The van der Waals surface area contributed by atoms with Crippen LogP contribution in [0, 0.1) is 17.9 Å². The fourth-order valence-electron chi connectivity index (χ4n) is 4.89. The average Bonchev–Trinajstić information content (AvgIpc) is 2.79. The predicted molar refractivity (Wildman–Crippen MR) is 114 cm³/mol. The van der Waals surface area contributed by atoms with E-state index in [9.17, 15) is 5.26 Å². The van der Waals surface area contributed by atoms with Crippen molar-refractivity contribution in [3.8, 4) is 6.07 Å². The Bertz CT molecular complexity index is 600. The van der Waals surface area contributed by atoms with Gasteiger partial charge in [0.2, 0.25) is 0 Å². The number of ether oxygens (including phenoxy) is 1. The third kappa shape index (κ3) is 6.09. The Kier molecular flexibility index (Phi) is 8.61. The van der Waals surface area contributed by atoms with Crippen LogP contribution in [0.2, 0.25) is 0 Å². The second-order valence-electron chi connectivity index (χ2n) is 8.44. The quantitative estimate of drug-likeness (QED) is 0.482. The van der Waals surface area contributed by atoms with Gasteiger partial charge in [0.05, 0.1) is 25.9 Å². The highest BCUT2D eigenvalue weighted by atomic mass is 16.5. The standard InChI is InChI=1S/C22H36N6O/c1-24-21(19-23)22(25(2)9-6-10-26-15-17-29-18-16-26)28-13-7-20(8-14-28)27-11-4-3-5-12-27/h20H,3-18H2,2H3/b22-21+. The predicted octanol–water partition coefficient (Wildman–Crippen LogP) is 2.20. The maximum absolute atomic E-state index is 9.56. The lowest BCUT2D eigenvalue weighted by atomic mass is 10.00. The van der Waals surface area contributed by atoms with E-state index in [0.717, 1.165) is 77.6 Å². The van der Waals surface area contributed by atoms with Crippen LogP contribution in [0.4, 0.5) is 0 Å². The SMILES string of the molecule is [C-]#[N+]/C(C#N)=C(\N(C)CCCN1CCOCC1)N1CCC(N2CCCCC2)CC1. The van der Waals surface area contributed by atoms with Crippen LogP contribution in [-0.4, -0.2) is 98.3 Å². The molecule has 3 saturated heterocycles. The van der Waals surface area contributed by atoms with Gasteiger partial charge in [0.15, 0.2) is 0 Å². The molecule has 0 amide bonds. The van der Waals surface area contributed by atoms with Crippen molar-refractivity contribution >= 4 is 0 Å². The van der Waals surface area contributed by atoms with Gasteiger partial charge in [-0.15, -0.1) is 0 Å². The normalized spacial score (nSPS) is 23.2. The van der Waals surface area contributed by atoms with E-state index in [-0.39, 0.29) is 5.70 Å². The van der Waals surface area contributed by atoms with Crippen molar-refractivity contribution in [3.05, 3.63) is 22.9 Å². The van der Waals surface area contributed by atoms with E-state index in [0.29, 0.717) is 6.04 Å². The minimum Gasteiger partial charge on any atom is -0.379 e. The highest BCUT2D eigenvalue weighted by Gasteiger charge is 2.28. The van der Waals surface area contributed by atoms with E-state index in [1.54, 1.807) is 0 Å². The van der Waals surface area contributed by atoms with Crippen molar-refractivity contribution in [1.82, 2.24) is 19.6 Å². The van der Waals surface area contributed by atoms with Gasteiger partial charge in [0, 0.05) is 52.4 Å². The number of hydrogen-bond donors (Lipinski definition) is 0. The minimum absolute atomic E-state index is 0.232. The van der Waals surface area contributed by atoms with E-state index < -0.39 is 0 Å². The van der Waals surface area contributed by atoms with Crippen LogP contribution in [0.5, 0.6) is 0 Å². The molecule has 3 heterocycles. The first kappa shape index (κ1) is 21.9. The molecule has 0 bridgehead atoms. The van der Waals surface area contributed by atoms with E-state index >= 15 is 0 Å². The summed E-state index contributed by atoms with van der Waals surface area (Å²) in [6, 6.07) is 2.81. The lowest BCUT2D eigenvalue weighted by Gasteiger charge is -2.43. The number of piperidine rings is 2. The Morgan fingerprint density at radius 1 is 1.10 bits per heavy atom. The maximum atomic E-state index is 9.56. The molecule has 7 nitrogen and oxygen atoms in total. The first-order chi connectivity index (χ1) is 14.2. The number of nitriles is 1. The second-order valence-corrected chi connectivity index (χ2v) is 8.44. The molecular weight excluding hydrogens is 364 g/mol. The molecule has 0 N–H and O–H groups in total. The topological polar surface area (TPSA) is 50.3 Å². The molecule has 0 radical (unpaired) electrons. The highest BCUT2D eigenvalue weighted by Crippen LogP contribution is 2.25. The Morgan fingerprint density at radius 3 is 2.41 bits per heavy atom. The maximum Gasteiger partial charge on any atom is 0.300 e.